The number of amides is 1. The molecule has 3 aromatic rings. The first-order valence-corrected chi connectivity index (χ1v) is 10.5. The smallest absolute Gasteiger partial charge is 0.222 e. The van der Waals surface area contributed by atoms with E-state index in [0.717, 1.165) is 43.6 Å². The fourth-order valence-electron chi connectivity index (χ4n) is 4.55. The zero-order valence-electron chi connectivity index (χ0n) is 17.6. The van der Waals surface area contributed by atoms with Gasteiger partial charge in [-0.15, -0.1) is 0 Å². The van der Waals surface area contributed by atoms with E-state index in [1.807, 2.05) is 6.07 Å². The predicted molar refractivity (Wildman–Crippen MR) is 118 cm³/mol. The predicted octanol–water partition coefficient (Wildman–Crippen LogP) is 5.13. The van der Waals surface area contributed by atoms with Gasteiger partial charge in [0.2, 0.25) is 5.91 Å². The molecule has 29 heavy (non-hydrogen) atoms. The number of ether oxygens (including phenoxy) is 1. The fraction of sp³-hybridized carbons (Fsp3) is 0.400. The second-order valence-corrected chi connectivity index (χ2v) is 8.24. The van der Waals surface area contributed by atoms with Crippen molar-refractivity contribution >= 4 is 16.8 Å². The third-order valence-electron chi connectivity index (χ3n) is 6.31. The second kappa shape index (κ2) is 8.32. The lowest BCUT2D eigenvalue weighted by atomic mass is 9.89. The van der Waals surface area contributed by atoms with E-state index < -0.39 is 0 Å². The molecule has 4 heteroatoms. The number of likely N-dealkylation sites (tertiary alicyclic amines) is 1. The quantitative estimate of drug-likeness (QED) is 0.656. The second-order valence-electron chi connectivity index (χ2n) is 8.24. The molecule has 0 atom stereocenters. The summed E-state index contributed by atoms with van der Waals surface area (Å²) in [5.41, 5.74) is 6.33. The van der Waals surface area contributed by atoms with Gasteiger partial charge < -0.3 is 14.6 Å². The summed E-state index contributed by atoms with van der Waals surface area (Å²) in [6, 6.07) is 12.7. The number of rotatable bonds is 5. The molecule has 1 fully saturated rings. The molecule has 152 valence electrons. The molecule has 0 spiro atoms. The zero-order chi connectivity index (χ0) is 20.4. The van der Waals surface area contributed by atoms with E-state index in [1.54, 1.807) is 7.11 Å². The van der Waals surface area contributed by atoms with Crippen LogP contribution in [0, 0.1) is 13.8 Å². The average molecular weight is 391 g/mol. The van der Waals surface area contributed by atoms with Crippen molar-refractivity contribution in [2.75, 3.05) is 20.2 Å². The van der Waals surface area contributed by atoms with Gasteiger partial charge in [-0.2, -0.15) is 0 Å². The summed E-state index contributed by atoms with van der Waals surface area (Å²) in [7, 11) is 1.70. The van der Waals surface area contributed by atoms with E-state index in [-0.39, 0.29) is 5.91 Å². The van der Waals surface area contributed by atoms with Crippen LogP contribution in [-0.4, -0.2) is 36.0 Å². The molecule has 0 unspecified atom stereocenters. The average Bonchev–Trinajstić information content (AvgIpc) is 3.16. The summed E-state index contributed by atoms with van der Waals surface area (Å²) in [6.07, 6.45) is 5.58. The molecule has 4 rings (SSSR count). The van der Waals surface area contributed by atoms with Crippen molar-refractivity contribution < 1.29 is 9.53 Å². The first-order valence-electron chi connectivity index (χ1n) is 10.5. The number of nitrogens with one attached hydrogen (secondary N) is 1. The van der Waals surface area contributed by atoms with Crippen molar-refractivity contribution in [3.8, 4) is 5.75 Å². The van der Waals surface area contributed by atoms with Crippen molar-refractivity contribution in [3.63, 3.8) is 0 Å². The monoisotopic (exact) mass is 390 g/mol. The Morgan fingerprint density at radius 1 is 1.14 bits per heavy atom. The third-order valence-corrected chi connectivity index (χ3v) is 6.31. The lowest BCUT2D eigenvalue weighted by Gasteiger charge is -2.32. The molecule has 1 aliphatic rings. The van der Waals surface area contributed by atoms with Gasteiger partial charge in [0.05, 0.1) is 7.11 Å². The molecule has 2 heterocycles. The zero-order valence-corrected chi connectivity index (χ0v) is 17.6. The molecule has 1 aliphatic heterocycles. The summed E-state index contributed by atoms with van der Waals surface area (Å²) >= 11 is 0. The molecule has 0 bridgehead atoms. The number of aromatic amines is 1. The van der Waals surface area contributed by atoms with Crippen molar-refractivity contribution in [1.82, 2.24) is 9.88 Å². The molecule has 0 saturated carbocycles. The number of carbonyl (C=O) groups excluding carboxylic acids is 1. The van der Waals surface area contributed by atoms with Crippen molar-refractivity contribution in [1.29, 1.82) is 0 Å². The summed E-state index contributed by atoms with van der Waals surface area (Å²) in [5.74, 6) is 1.65. The number of carbonyl (C=O) groups is 1. The molecule has 0 aliphatic carbocycles. The fourth-order valence-corrected chi connectivity index (χ4v) is 4.55. The Morgan fingerprint density at radius 3 is 2.66 bits per heavy atom. The number of nitrogens with zero attached hydrogens (tertiary/aromatic N) is 1. The number of hydrogen-bond donors (Lipinski definition) is 1. The van der Waals surface area contributed by atoms with Gasteiger partial charge >= 0.3 is 0 Å². The van der Waals surface area contributed by atoms with Crippen LogP contribution in [0.2, 0.25) is 0 Å². The maximum atomic E-state index is 12.7. The van der Waals surface area contributed by atoms with E-state index >= 15 is 0 Å². The summed E-state index contributed by atoms with van der Waals surface area (Å²) in [6.45, 7) is 5.92. The molecule has 1 saturated heterocycles. The Hall–Kier alpha value is -2.75. The van der Waals surface area contributed by atoms with Gasteiger partial charge in [0.1, 0.15) is 5.75 Å². The van der Waals surface area contributed by atoms with Crippen LogP contribution in [0.4, 0.5) is 0 Å². The highest BCUT2D eigenvalue weighted by Gasteiger charge is 2.25. The standard InChI is InChI=1S/C25H30N2O2/c1-17-4-5-19(18(2)14-17)6-9-25(28)27-12-10-20(11-13-27)23-16-26-24-8-7-21(29-3)15-22(23)24/h4-5,7-8,14-16,20,26H,6,9-13H2,1-3H3. The molecule has 2 aromatic carbocycles. The van der Waals surface area contributed by atoms with Crippen LogP contribution in [0.1, 0.15) is 47.4 Å². The molecule has 4 nitrogen and oxygen atoms in total. The largest absolute Gasteiger partial charge is 0.497 e. The number of methoxy groups -OCH3 is 1. The highest BCUT2D eigenvalue weighted by molar-refractivity contribution is 5.85. The van der Waals surface area contributed by atoms with Gasteiger partial charge in [-0.1, -0.05) is 23.8 Å². The van der Waals surface area contributed by atoms with E-state index in [2.05, 4.69) is 60.3 Å². The summed E-state index contributed by atoms with van der Waals surface area (Å²) in [4.78, 5) is 18.2. The minimum Gasteiger partial charge on any atom is -0.497 e. The van der Waals surface area contributed by atoms with Crippen LogP contribution in [-0.2, 0) is 11.2 Å². The molecular formula is C25H30N2O2. The maximum Gasteiger partial charge on any atom is 0.222 e. The first kappa shape index (κ1) is 19.6. The highest BCUT2D eigenvalue weighted by Crippen LogP contribution is 2.34. The number of H-pyrrole nitrogens is 1. The number of aromatic nitrogens is 1. The van der Waals surface area contributed by atoms with Crippen LogP contribution in [0.5, 0.6) is 5.75 Å². The van der Waals surface area contributed by atoms with Gasteiger partial charge in [-0.25, -0.2) is 0 Å². The van der Waals surface area contributed by atoms with Crippen LogP contribution < -0.4 is 4.74 Å². The molecular weight excluding hydrogens is 360 g/mol. The topological polar surface area (TPSA) is 45.3 Å². The Kier molecular flexibility index (Phi) is 5.61. The number of hydrogen-bond acceptors (Lipinski definition) is 2. The summed E-state index contributed by atoms with van der Waals surface area (Å²) in [5, 5.41) is 1.24. The van der Waals surface area contributed by atoms with E-state index in [4.69, 9.17) is 4.74 Å². The SMILES string of the molecule is COc1ccc2[nH]cc(C3CCN(C(=O)CCc4ccc(C)cc4C)CC3)c2c1. The minimum atomic E-state index is 0.282. The maximum absolute atomic E-state index is 12.7. The number of benzene rings is 2. The Balaban J connectivity index is 1.36. The van der Waals surface area contributed by atoms with E-state index in [0.29, 0.717) is 12.3 Å². The molecule has 1 N–H and O–H groups in total. The Bertz CT molecular complexity index is 1010. The van der Waals surface area contributed by atoms with Gasteiger partial charge in [0.25, 0.3) is 0 Å². The lowest BCUT2D eigenvalue weighted by Crippen LogP contribution is -2.38. The molecule has 1 amide bonds. The minimum absolute atomic E-state index is 0.282. The van der Waals surface area contributed by atoms with Crippen LogP contribution in [0.25, 0.3) is 10.9 Å². The highest BCUT2D eigenvalue weighted by atomic mass is 16.5. The van der Waals surface area contributed by atoms with Crippen LogP contribution >= 0.6 is 0 Å². The first-order chi connectivity index (χ1) is 14.0. The lowest BCUT2D eigenvalue weighted by molar-refractivity contribution is -0.132. The Morgan fingerprint density at radius 2 is 1.93 bits per heavy atom. The van der Waals surface area contributed by atoms with Crippen molar-refractivity contribution in [2.24, 2.45) is 0 Å². The van der Waals surface area contributed by atoms with Crippen LogP contribution in [0.15, 0.2) is 42.6 Å². The van der Waals surface area contributed by atoms with Gasteiger partial charge in [-0.3, -0.25) is 4.79 Å². The third kappa shape index (κ3) is 4.16. The normalized spacial score (nSPS) is 15.1. The van der Waals surface area contributed by atoms with E-state index in [1.165, 1.54) is 27.6 Å². The molecule has 1 aromatic heterocycles. The Labute approximate surface area is 172 Å². The van der Waals surface area contributed by atoms with Gasteiger partial charge in [0.15, 0.2) is 0 Å². The van der Waals surface area contributed by atoms with Gasteiger partial charge in [-0.05, 0) is 73.9 Å². The summed E-state index contributed by atoms with van der Waals surface area (Å²) < 4.78 is 5.39. The number of piperidine rings is 1. The number of fused-ring (bicyclic) bond motifs is 1. The van der Waals surface area contributed by atoms with Crippen molar-refractivity contribution in [3.05, 3.63) is 64.8 Å². The van der Waals surface area contributed by atoms with E-state index in [9.17, 15) is 4.79 Å². The van der Waals surface area contributed by atoms with Crippen molar-refractivity contribution in [2.45, 2.75) is 45.4 Å². The number of aryl methyl sites for hydroxylation is 3. The van der Waals surface area contributed by atoms with Gasteiger partial charge in [0, 0.05) is 36.6 Å². The van der Waals surface area contributed by atoms with Crippen LogP contribution in [0.3, 0.4) is 0 Å². The molecule has 0 radical (unpaired) electrons.